The summed E-state index contributed by atoms with van der Waals surface area (Å²) in [6.45, 7) is 4.95. The lowest BCUT2D eigenvalue weighted by Gasteiger charge is -2.28. The molecule has 0 spiro atoms. The van der Waals surface area contributed by atoms with E-state index in [0.717, 1.165) is 51.4 Å². The first-order valence-electron chi connectivity index (χ1n) is 16.5. The van der Waals surface area contributed by atoms with Gasteiger partial charge in [-0.1, -0.05) is 107 Å². The van der Waals surface area contributed by atoms with Crippen molar-refractivity contribution < 1.29 is 37.3 Å². The Morgan fingerprint density at radius 2 is 1.27 bits per heavy atom. The molecular weight excluding hydrogens is 577 g/mol. The minimum Gasteiger partial charge on any atom is -0.756 e. The van der Waals surface area contributed by atoms with Gasteiger partial charge < -0.3 is 27.9 Å². The molecule has 0 aliphatic carbocycles. The number of nitrogens with zero attached hydrogens (tertiary/aromatic N) is 1. The summed E-state index contributed by atoms with van der Waals surface area (Å²) in [5, 5.41) is 0. The second kappa shape index (κ2) is 28.7. The highest BCUT2D eigenvalue weighted by Gasteiger charge is 2.20. The van der Waals surface area contributed by atoms with Crippen LogP contribution in [0.5, 0.6) is 0 Å². The summed E-state index contributed by atoms with van der Waals surface area (Å²) < 4.78 is 34.0. The fourth-order valence-electron chi connectivity index (χ4n) is 3.78. The third kappa shape index (κ3) is 31.6. The highest BCUT2D eigenvalue weighted by atomic mass is 31.2. The van der Waals surface area contributed by atoms with E-state index in [4.69, 9.17) is 18.5 Å². The Bertz CT molecular complexity index is 890. The van der Waals surface area contributed by atoms with Gasteiger partial charge in [-0.3, -0.25) is 9.36 Å². The van der Waals surface area contributed by atoms with Gasteiger partial charge in [0.05, 0.1) is 41.0 Å². The van der Waals surface area contributed by atoms with Crippen molar-refractivity contribution in [2.24, 2.45) is 0 Å². The highest BCUT2D eigenvalue weighted by Crippen LogP contribution is 2.38. The molecule has 0 saturated carbocycles. The second-order valence-electron chi connectivity index (χ2n) is 11.8. The van der Waals surface area contributed by atoms with Crippen molar-refractivity contribution >= 4 is 13.8 Å². The number of hydrogen-bond donors (Lipinski definition) is 0. The average Bonchev–Trinajstić information content (AvgIpc) is 2.96. The number of phosphoric acid groups is 1. The molecule has 0 aromatic rings. The van der Waals surface area contributed by atoms with Crippen LogP contribution in [0.15, 0.2) is 60.8 Å². The third-order valence-corrected chi connectivity index (χ3v) is 7.32. The summed E-state index contributed by atoms with van der Waals surface area (Å²) in [6.07, 6.45) is 32.8. The molecule has 2 unspecified atom stereocenters. The molecule has 0 amide bonds. The summed E-state index contributed by atoms with van der Waals surface area (Å²) in [6, 6.07) is 0. The lowest BCUT2D eigenvalue weighted by Crippen LogP contribution is -2.37. The van der Waals surface area contributed by atoms with Gasteiger partial charge in [-0.2, -0.15) is 0 Å². The van der Waals surface area contributed by atoms with Crippen molar-refractivity contribution in [2.75, 3.05) is 54.1 Å². The van der Waals surface area contributed by atoms with Crippen molar-refractivity contribution in [3.05, 3.63) is 60.8 Å². The number of carbonyl (C=O) groups excluding carboxylic acids is 1. The number of esters is 1. The van der Waals surface area contributed by atoms with Gasteiger partial charge >= 0.3 is 5.97 Å². The van der Waals surface area contributed by atoms with E-state index in [2.05, 4.69) is 68.5 Å². The van der Waals surface area contributed by atoms with Gasteiger partial charge in [-0.25, -0.2) is 0 Å². The van der Waals surface area contributed by atoms with Gasteiger partial charge in [-0.15, -0.1) is 0 Å². The SMILES string of the molecule is CC/C=C\C/C=C\C/C=C\C/C=C\C/C=C\CCOCC(COP(=O)([O-])OCC[N+](C)(C)C)OC(=O)CCCCCCCC. The van der Waals surface area contributed by atoms with Crippen LogP contribution in [0, 0.1) is 0 Å². The molecule has 0 fully saturated rings. The summed E-state index contributed by atoms with van der Waals surface area (Å²) in [5.74, 6) is -0.373. The Morgan fingerprint density at radius 1 is 0.727 bits per heavy atom. The highest BCUT2D eigenvalue weighted by molar-refractivity contribution is 7.45. The zero-order chi connectivity index (χ0) is 32.8. The summed E-state index contributed by atoms with van der Waals surface area (Å²) >= 11 is 0. The number of carbonyl (C=O) groups is 1. The first kappa shape index (κ1) is 42.2. The quantitative estimate of drug-likeness (QED) is 0.0269. The van der Waals surface area contributed by atoms with Crippen LogP contribution in [-0.2, 0) is 27.9 Å². The number of unbranched alkanes of at least 4 members (excludes halogenated alkanes) is 5. The van der Waals surface area contributed by atoms with E-state index in [0.29, 0.717) is 24.1 Å². The van der Waals surface area contributed by atoms with Crippen LogP contribution >= 0.6 is 7.82 Å². The maximum atomic E-state index is 12.4. The monoisotopic (exact) mass is 639 g/mol. The molecule has 8 nitrogen and oxygen atoms in total. The largest absolute Gasteiger partial charge is 0.756 e. The molecule has 0 aliphatic rings. The molecule has 0 N–H and O–H groups in total. The first-order chi connectivity index (χ1) is 21.1. The first-order valence-corrected chi connectivity index (χ1v) is 18.0. The van der Waals surface area contributed by atoms with Crippen molar-refractivity contribution in [3.8, 4) is 0 Å². The maximum Gasteiger partial charge on any atom is 0.306 e. The topological polar surface area (TPSA) is 94.1 Å². The normalized spacial score (nSPS) is 15.0. The number of phosphoric ester groups is 1. The van der Waals surface area contributed by atoms with Crippen LogP contribution in [0.1, 0.15) is 97.3 Å². The fourth-order valence-corrected chi connectivity index (χ4v) is 4.51. The van der Waals surface area contributed by atoms with E-state index in [1.165, 1.54) is 19.3 Å². The van der Waals surface area contributed by atoms with E-state index in [-0.39, 0.29) is 32.2 Å². The molecule has 0 radical (unpaired) electrons. The standard InChI is InChI=1S/C35H62NO7P/c1-6-8-10-12-14-15-16-17-18-19-20-21-22-23-25-27-30-40-32-34(43-35(37)28-26-24-13-11-9-7-2)33-42-44(38,39)41-31-29-36(3,4)5/h8,10,14-15,17-18,20-21,23,25,34H,6-7,9,11-13,16,19,22,24,26-33H2,1-5H3/b10-8-,15-14-,18-17-,21-20-,25-23-. The maximum absolute atomic E-state index is 12.4. The zero-order valence-corrected chi connectivity index (χ0v) is 29.2. The molecule has 9 heteroatoms. The van der Waals surface area contributed by atoms with E-state index in [1.807, 2.05) is 27.2 Å². The summed E-state index contributed by atoms with van der Waals surface area (Å²) in [7, 11) is 1.30. The molecule has 2 atom stereocenters. The number of quaternary nitrogens is 1. The zero-order valence-electron chi connectivity index (χ0n) is 28.3. The lowest BCUT2D eigenvalue weighted by molar-refractivity contribution is -0.870. The van der Waals surface area contributed by atoms with Gasteiger partial charge in [0.2, 0.25) is 0 Å². The second-order valence-corrected chi connectivity index (χ2v) is 13.2. The van der Waals surface area contributed by atoms with E-state index >= 15 is 0 Å². The Balaban J connectivity index is 4.43. The number of rotatable bonds is 29. The Labute approximate surface area is 269 Å². The Morgan fingerprint density at radius 3 is 1.84 bits per heavy atom. The number of likely N-dealkylation sites (N-methyl/N-ethyl adjacent to an activating group) is 1. The molecule has 0 aliphatic heterocycles. The smallest absolute Gasteiger partial charge is 0.306 e. The van der Waals surface area contributed by atoms with Crippen molar-refractivity contribution in [3.63, 3.8) is 0 Å². The van der Waals surface area contributed by atoms with Crippen LogP contribution in [0.2, 0.25) is 0 Å². The molecular formula is C35H62NO7P. The molecule has 44 heavy (non-hydrogen) atoms. The third-order valence-electron chi connectivity index (χ3n) is 6.35. The Kier molecular flexibility index (Phi) is 27.5. The van der Waals surface area contributed by atoms with Crippen LogP contribution in [-0.4, -0.2) is 70.7 Å². The minimum absolute atomic E-state index is 0.0104. The van der Waals surface area contributed by atoms with E-state index in [9.17, 15) is 14.3 Å². The van der Waals surface area contributed by atoms with Gasteiger partial charge in [0.15, 0.2) is 0 Å². The fraction of sp³-hybridized carbons (Fsp3) is 0.686. The van der Waals surface area contributed by atoms with Crippen LogP contribution in [0.4, 0.5) is 0 Å². The number of allylic oxidation sites excluding steroid dienone is 9. The molecule has 0 rings (SSSR count). The van der Waals surface area contributed by atoms with Crippen molar-refractivity contribution in [1.82, 2.24) is 0 Å². The number of ether oxygens (including phenoxy) is 2. The van der Waals surface area contributed by atoms with Gasteiger partial charge in [0.25, 0.3) is 7.82 Å². The molecule has 254 valence electrons. The number of hydrogen-bond acceptors (Lipinski definition) is 7. The lowest BCUT2D eigenvalue weighted by atomic mass is 10.1. The summed E-state index contributed by atoms with van der Waals surface area (Å²) in [5.41, 5.74) is 0. The molecule has 0 aromatic carbocycles. The molecule has 0 aromatic heterocycles. The van der Waals surface area contributed by atoms with Gasteiger partial charge in [-0.05, 0) is 44.9 Å². The average molecular weight is 640 g/mol. The predicted octanol–water partition coefficient (Wildman–Crippen LogP) is 8.01. The van der Waals surface area contributed by atoms with Crippen LogP contribution in [0.25, 0.3) is 0 Å². The molecule has 0 bridgehead atoms. The van der Waals surface area contributed by atoms with Crippen LogP contribution in [0.3, 0.4) is 0 Å². The van der Waals surface area contributed by atoms with Crippen molar-refractivity contribution in [1.29, 1.82) is 0 Å². The van der Waals surface area contributed by atoms with E-state index in [1.54, 1.807) is 0 Å². The molecule has 0 saturated heterocycles. The summed E-state index contributed by atoms with van der Waals surface area (Å²) in [4.78, 5) is 24.6. The van der Waals surface area contributed by atoms with E-state index < -0.39 is 13.9 Å². The van der Waals surface area contributed by atoms with Crippen LogP contribution < -0.4 is 4.89 Å². The van der Waals surface area contributed by atoms with Gasteiger partial charge in [0.1, 0.15) is 19.3 Å². The van der Waals surface area contributed by atoms with Crippen molar-refractivity contribution in [2.45, 2.75) is 103 Å². The van der Waals surface area contributed by atoms with Gasteiger partial charge in [0, 0.05) is 6.42 Å². The predicted molar refractivity (Wildman–Crippen MR) is 180 cm³/mol. The molecule has 0 heterocycles. The Hall–Kier alpha value is -1.80. The minimum atomic E-state index is -4.52.